The van der Waals surface area contributed by atoms with E-state index >= 15 is 0 Å². The van der Waals surface area contributed by atoms with Gasteiger partial charge < -0.3 is 15.3 Å². The Morgan fingerprint density at radius 3 is 2.89 bits per heavy atom. The first-order chi connectivity index (χ1) is 13.0. The first-order valence-corrected chi connectivity index (χ1v) is 9.84. The molecule has 4 rings (SSSR count). The van der Waals surface area contributed by atoms with Gasteiger partial charge >= 0.3 is 0 Å². The van der Waals surface area contributed by atoms with Crippen LogP contribution in [0.15, 0.2) is 59.4 Å². The van der Waals surface area contributed by atoms with E-state index in [0.29, 0.717) is 24.5 Å². The number of para-hydroxylation sites is 1. The molecular weight excluding hydrogens is 358 g/mol. The number of amides is 1. The Morgan fingerprint density at radius 2 is 2.15 bits per heavy atom. The Morgan fingerprint density at radius 1 is 1.30 bits per heavy atom. The Balaban J connectivity index is 1.43. The van der Waals surface area contributed by atoms with Gasteiger partial charge in [-0.05, 0) is 59.5 Å². The zero-order valence-electron chi connectivity index (χ0n) is 15.1. The standard InChI is InChI=1S/C21H21N3O2S/c1-21(26,17-9-11-27-13-17)14-23-19-7-6-16(12-22-19)20(25)24-10-8-15-4-2-3-5-18(15)24/h2-7,9,11-13,26H,8,10,14H2,1H3,(H,22,23). The number of nitrogens with zero attached hydrogens (tertiary/aromatic N) is 2. The Kier molecular flexibility index (Phi) is 4.68. The molecule has 0 saturated heterocycles. The fourth-order valence-corrected chi connectivity index (χ4v) is 4.05. The van der Waals surface area contributed by atoms with Crippen LogP contribution in [0.4, 0.5) is 11.5 Å². The third-order valence-electron chi connectivity index (χ3n) is 4.90. The van der Waals surface area contributed by atoms with Gasteiger partial charge in [0.25, 0.3) is 5.91 Å². The van der Waals surface area contributed by atoms with Gasteiger partial charge in [0.2, 0.25) is 0 Å². The second-order valence-corrected chi connectivity index (χ2v) is 7.69. The molecule has 0 radical (unpaired) electrons. The predicted octanol–water partition coefficient (Wildman–Crippen LogP) is 3.67. The number of pyridine rings is 1. The molecule has 0 spiro atoms. The lowest BCUT2D eigenvalue weighted by Gasteiger charge is -2.23. The molecule has 0 saturated carbocycles. The molecule has 1 amide bonds. The minimum Gasteiger partial charge on any atom is -0.384 e. The summed E-state index contributed by atoms with van der Waals surface area (Å²) in [6.45, 7) is 2.80. The maximum Gasteiger partial charge on any atom is 0.259 e. The van der Waals surface area contributed by atoms with Crippen LogP contribution in [0.25, 0.3) is 0 Å². The van der Waals surface area contributed by atoms with Crippen molar-refractivity contribution in [2.75, 3.05) is 23.3 Å². The lowest BCUT2D eigenvalue weighted by atomic mass is 9.99. The van der Waals surface area contributed by atoms with Crippen LogP contribution in [-0.4, -0.2) is 29.1 Å². The van der Waals surface area contributed by atoms with Crippen LogP contribution in [0.2, 0.25) is 0 Å². The summed E-state index contributed by atoms with van der Waals surface area (Å²) in [7, 11) is 0. The fraction of sp³-hybridized carbons (Fsp3) is 0.238. The summed E-state index contributed by atoms with van der Waals surface area (Å²) in [4.78, 5) is 19.0. The topological polar surface area (TPSA) is 65.5 Å². The lowest BCUT2D eigenvalue weighted by Crippen LogP contribution is -2.30. The summed E-state index contributed by atoms with van der Waals surface area (Å²) < 4.78 is 0. The minimum absolute atomic E-state index is 0.0377. The van der Waals surface area contributed by atoms with E-state index in [-0.39, 0.29) is 5.91 Å². The van der Waals surface area contributed by atoms with Crippen LogP contribution in [0.1, 0.15) is 28.4 Å². The summed E-state index contributed by atoms with van der Waals surface area (Å²) >= 11 is 1.55. The number of aliphatic hydroxyl groups is 1. The van der Waals surface area contributed by atoms with Crippen LogP contribution < -0.4 is 10.2 Å². The van der Waals surface area contributed by atoms with Crippen molar-refractivity contribution in [1.29, 1.82) is 0 Å². The van der Waals surface area contributed by atoms with Crippen LogP contribution in [-0.2, 0) is 12.0 Å². The van der Waals surface area contributed by atoms with Crippen molar-refractivity contribution in [2.45, 2.75) is 18.9 Å². The number of carbonyl (C=O) groups excluding carboxylic acids is 1. The smallest absolute Gasteiger partial charge is 0.259 e. The van der Waals surface area contributed by atoms with Crippen molar-refractivity contribution in [3.63, 3.8) is 0 Å². The number of fused-ring (bicyclic) bond motifs is 1. The van der Waals surface area contributed by atoms with Gasteiger partial charge in [0.1, 0.15) is 11.4 Å². The highest BCUT2D eigenvalue weighted by molar-refractivity contribution is 7.08. The van der Waals surface area contributed by atoms with Crippen LogP contribution in [0, 0.1) is 0 Å². The van der Waals surface area contributed by atoms with E-state index in [2.05, 4.69) is 16.4 Å². The van der Waals surface area contributed by atoms with Crippen LogP contribution in [0.3, 0.4) is 0 Å². The number of nitrogens with one attached hydrogen (secondary N) is 1. The number of hydrogen-bond donors (Lipinski definition) is 2. The zero-order chi connectivity index (χ0) is 18.9. The van der Waals surface area contributed by atoms with Crippen molar-refractivity contribution in [3.8, 4) is 0 Å². The van der Waals surface area contributed by atoms with Gasteiger partial charge in [-0.3, -0.25) is 4.79 Å². The predicted molar refractivity (Wildman–Crippen MR) is 108 cm³/mol. The average Bonchev–Trinajstić information content (AvgIpc) is 3.37. The quantitative estimate of drug-likeness (QED) is 0.710. The molecule has 0 bridgehead atoms. The van der Waals surface area contributed by atoms with Crippen molar-refractivity contribution >= 4 is 28.7 Å². The second kappa shape index (κ2) is 7.13. The van der Waals surface area contributed by atoms with E-state index in [1.54, 1.807) is 41.5 Å². The molecule has 1 aromatic carbocycles. The highest BCUT2D eigenvalue weighted by atomic mass is 32.1. The first-order valence-electron chi connectivity index (χ1n) is 8.89. The maximum atomic E-state index is 12.8. The molecule has 2 aromatic heterocycles. The number of rotatable bonds is 5. The van der Waals surface area contributed by atoms with Crippen molar-refractivity contribution in [2.24, 2.45) is 0 Å². The zero-order valence-corrected chi connectivity index (χ0v) is 15.9. The van der Waals surface area contributed by atoms with Gasteiger partial charge in [0, 0.05) is 25.0 Å². The Hall–Kier alpha value is -2.70. The highest BCUT2D eigenvalue weighted by Gasteiger charge is 2.26. The molecule has 1 unspecified atom stereocenters. The molecule has 3 heterocycles. The molecule has 2 N–H and O–H groups in total. The first kappa shape index (κ1) is 17.7. The normalized spacial score (nSPS) is 15.3. The third kappa shape index (κ3) is 3.59. The largest absolute Gasteiger partial charge is 0.384 e. The molecule has 27 heavy (non-hydrogen) atoms. The van der Waals surface area contributed by atoms with Crippen LogP contribution >= 0.6 is 11.3 Å². The number of carbonyl (C=O) groups is 1. The monoisotopic (exact) mass is 379 g/mol. The summed E-state index contributed by atoms with van der Waals surface area (Å²) in [5, 5.41) is 17.6. The summed E-state index contributed by atoms with van der Waals surface area (Å²) in [5.74, 6) is 0.591. The minimum atomic E-state index is -0.977. The SMILES string of the molecule is CC(O)(CNc1ccc(C(=O)N2CCc3ccccc32)cn1)c1ccsc1. The number of thiophene rings is 1. The van der Waals surface area contributed by atoms with E-state index in [1.807, 2.05) is 35.0 Å². The van der Waals surface area contributed by atoms with E-state index in [0.717, 1.165) is 17.7 Å². The Bertz CT molecular complexity index is 936. The van der Waals surface area contributed by atoms with Gasteiger partial charge in [0.05, 0.1) is 5.56 Å². The number of benzene rings is 1. The van der Waals surface area contributed by atoms with Crippen molar-refractivity contribution < 1.29 is 9.90 Å². The third-order valence-corrected chi connectivity index (χ3v) is 5.58. The van der Waals surface area contributed by atoms with E-state index in [9.17, 15) is 9.90 Å². The van der Waals surface area contributed by atoms with Gasteiger partial charge in [-0.2, -0.15) is 11.3 Å². The van der Waals surface area contributed by atoms with Crippen molar-refractivity contribution in [3.05, 3.63) is 76.1 Å². The molecule has 1 aliphatic rings. The average molecular weight is 379 g/mol. The molecule has 1 atom stereocenters. The highest BCUT2D eigenvalue weighted by Crippen LogP contribution is 2.29. The van der Waals surface area contributed by atoms with Crippen LogP contribution in [0.5, 0.6) is 0 Å². The number of hydrogen-bond acceptors (Lipinski definition) is 5. The number of aromatic nitrogens is 1. The molecule has 0 aliphatic carbocycles. The molecule has 1 aliphatic heterocycles. The van der Waals surface area contributed by atoms with Gasteiger partial charge in [-0.25, -0.2) is 4.98 Å². The molecule has 6 heteroatoms. The maximum absolute atomic E-state index is 12.8. The lowest BCUT2D eigenvalue weighted by molar-refractivity contribution is 0.0719. The van der Waals surface area contributed by atoms with Gasteiger partial charge in [-0.15, -0.1) is 0 Å². The molecule has 3 aromatic rings. The number of anilines is 2. The van der Waals surface area contributed by atoms with Gasteiger partial charge in [0.15, 0.2) is 0 Å². The van der Waals surface area contributed by atoms with Gasteiger partial charge in [-0.1, -0.05) is 18.2 Å². The summed E-state index contributed by atoms with van der Waals surface area (Å²) in [6, 6.07) is 13.5. The molecule has 5 nitrogen and oxygen atoms in total. The van der Waals surface area contributed by atoms with E-state index in [4.69, 9.17) is 0 Å². The molecule has 0 fully saturated rings. The molecule has 138 valence electrons. The molecular formula is C21H21N3O2S. The second-order valence-electron chi connectivity index (χ2n) is 6.91. The summed E-state index contributed by atoms with van der Waals surface area (Å²) in [6.07, 6.45) is 2.47. The van der Waals surface area contributed by atoms with Crippen molar-refractivity contribution in [1.82, 2.24) is 4.98 Å². The Labute approximate surface area is 162 Å². The van der Waals surface area contributed by atoms with E-state index in [1.165, 1.54) is 5.56 Å². The fourth-order valence-electron chi connectivity index (χ4n) is 3.27. The van der Waals surface area contributed by atoms with E-state index < -0.39 is 5.60 Å². The summed E-state index contributed by atoms with van der Waals surface area (Å²) in [5.41, 5.74) is 2.64.